The zero-order valence-electron chi connectivity index (χ0n) is 18.7. The van der Waals surface area contributed by atoms with Crippen molar-refractivity contribution in [3.63, 3.8) is 0 Å². The number of amides is 1. The number of thiazole rings is 1. The molecule has 1 saturated heterocycles. The molecule has 2 aromatic heterocycles. The van der Waals surface area contributed by atoms with E-state index in [4.69, 9.17) is 9.47 Å². The Kier molecular flexibility index (Phi) is 6.94. The van der Waals surface area contributed by atoms with Gasteiger partial charge >= 0.3 is 0 Å². The van der Waals surface area contributed by atoms with Crippen molar-refractivity contribution < 1.29 is 19.1 Å². The van der Waals surface area contributed by atoms with Gasteiger partial charge in [0, 0.05) is 54.1 Å². The summed E-state index contributed by atoms with van der Waals surface area (Å²) < 4.78 is 11.3. The van der Waals surface area contributed by atoms with Gasteiger partial charge in [-0.1, -0.05) is 0 Å². The van der Waals surface area contributed by atoms with E-state index in [9.17, 15) is 9.59 Å². The van der Waals surface area contributed by atoms with E-state index in [0.717, 1.165) is 41.4 Å². The summed E-state index contributed by atoms with van der Waals surface area (Å²) in [5.74, 6) is 0.435. The number of anilines is 1. The van der Waals surface area contributed by atoms with Crippen molar-refractivity contribution in [2.45, 2.75) is 25.4 Å². The minimum atomic E-state index is -0.129. The second-order valence-electron chi connectivity index (χ2n) is 8.44. The van der Waals surface area contributed by atoms with Gasteiger partial charge in [0.05, 0.1) is 31.5 Å². The highest BCUT2D eigenvalue weighted by Crippen LogP contribution is 2.33. The van der Waals surface area contributed by atoms with Gasteiger partial charge < -0.3 is 14.8 Å². The number of benzene rings is 1. The van der Waals surface area contributed by atoms with Crippen molar-refractivity contribution in [3.05, 3.63) is 59.4 Å². The molecular weight excluding hydrogens is 452 g/mol. The highest BCUT2D eigenvalue weighted by atomic mass is 32.1. The van der Waals surface area contributed by atoms with Gasteiger partial charge in [-0.05, 0) is 43.2 Å². The third-order valence-electron chi connectivity index (χ3n) is 5.66. The van der Waals surface area contributed by atoms with Gasteiger partial charge in [0.2, 0.25) is 5.91 Å². The van der Waals surface area contributed by atoms with Crippen molar-refractivity contribution >= 4 is 28.7 Å². The summed E-state index contributed by atoms with van der Waals surface area (Å²) in [4.78, 5) is 37.2. The first-order valence-electron chi connectivity index (χ1n) is 11.4. The average molecular weight is 479 g/mol. The quantitative estimate of drug-likeness (QED) is 0.471. The number of hydrogen-bond acceptors (Lipinski definition) is 8. The molecule has 0 bridgehead atoms. The fourth-order valence-corrected chi connectivity index (χ4v) is 4.59. The van der Waals surface area contributed by atoms with E-state index in [2.05, 4.69) is 20.2 Å². The molecule has 0 unspecified atom stereocenters. The van der Waals surface area contributed by atoms with E-state index >= 15 is 0 Å². The van der Waals surface area contributed by atoms with Crippen molar-refractivity contribution in [2.75, 3.05) is 38.2 Å². The highest BCUT2D eigenvalue weighted by Gasteiger charge is 2.26. The molecule has 2 fully saturated rings. The van der Waals surface area contributed by atoms with Gasteiger partial charge in [0.15, 0.2) is 5.78 Å². The van der Waals surface area contributed by atoms with Crippen molar-refractivity contribution in [1.82, 2.24) is 14.9 Å². The van der Waals surface area contributed by atoms with E-state index in [1.54, 1.807) is 36.8 Å². The summed E-state index contributed by atoms with van der Waals surface area (Å²) in [5, 5.41) is 3.79. The lowest BCUT2D eigenvalue weighted by atomic mass is 10.1. The van der Waals surface area contributed by atoms with Crippen LogP contribution in [0.15, 0.2) is 48.9 Å². The molecule has 0 atom stereocenters. The van der Waals surface area contributed by atoms with Crippen LogP contribution in [0.1, 0.15) is 28.1 Å². The first-order chi connectivity index (χ1) is 16.6. The molecule has 1 aromatic carbocycles. The molecule has 1 saturated carbocycles. The molecule has 34 heavy (non-hydrogen) atoms. The van der Waals surface area contributed by atoms with Gasteiger partial charge in [-0.25, -0.2) is 4.98 Å². The SMILES string of the molecule is O=C(CN1CCOCC1)Nc1cc(C(=O)Cc2cnc(-c3cccnc3)s2)ccc1OC1CC1. The van der Waals surface area contributed by atoms with Crippen LogP contribution < -0.4 is 10.1 Å². The Morgan fingerprint density at radius 2 is 2.03 bits per heavy atom. The number of Topliss-reactive ketones (excluding diaryl/α,β-unsaturated/α-hetero) is 1. The van der Waals surface area contributed by atoms with Crippen molar-refractivity contribution in [2.24, 2.45) is 0 Å². The summed E-state index contributed by atoms with van der Waals surface area (Å²) >= 11 is 1.48. The predicted octanol–water partition coefficient (Wildman–Crippen LogP) is 3.44. The maximum absolute atomic E-state index is 13.1. The van der Waals surface area contributed by atoms with Gasteiger partial charge in [0.1, 0.15) is 10.8 Å². The Hall–Kier alpha value is -3.14. The molecule has 1 aliphatic carbocycles. The maximum Gasteiger partial charge on any atom is 0.238 e. The molecule has 3 aromatic rings. The molecule has 1 aliphatic heterocycles. The van der Waals surface area contributed by atoms with Gasteiger partial charge in [0.25, 0.3) is 0 Å². The second kappa shape index (κ2) is 10.4. The Morgan fingerprint density at radius 3 is 2.79 bits per heavy atom. The molecule has 9 heteroatoms. The number of ketones is 1. The van der Waals surface area contributed by atoms with Crippen molar-refractivity contribution in [1.29, 1.82) is 0 Å². The zero-order chi connectivity index (χ0) is 23.3. The fourth-order valence-electron chi connectivity index (χ4n) is 3.69. The van der Waals surface area contributed by atoms with Crippen LogP contribution in [0.2, 0.25) is 0 Å². The van der Waals surface area contributed by atoms with Crippen LogP contribution in [0.25, 0.3) is 10.6 Å². The number of nitrogens with one attached hydrogen (secondary N) is 1. The Morgan fingerprint density at radius 1 is 1.18 bits per heavy atom. The molecule has 0 spiro atoms. The van der Waals surface area contributed by atoms with Gasteiger partial charge in [-0.2, -0.15) is 0 Å². The summed E-state index contributed by atoms with van der Waals surface area (Å²) in [7, 11) is 0. The van der Waals surface area contributed by atoms with Crippen molar-refractivity contribution in [3.8, 4) is 16.3 Å². The molecule has 2 aliphatic rings. The van der Waals surface area contributed by atoms with E-state index in [1.807, 2.05) is 12.1 Å². The molecule has 1 amide bonds. The number of aromatic nitrogens is 2. The highest BCUT2D eigenvalue weighted by molar-refractivity contribution is 7.15. The van der Waals surface area contributed by atoms with E-state index in [1.165, 1.54) is 11.3 Å². The lowest BCUT2D eigenvalue weighted by Gasteiger charge is -2.26. The van der Waals surface area contributed by atoms with Gasteiger partial charge in [-0.3, -0.25) is 19.5 Å². The van der Waals surface area contributed by atoms with E-state index in [-0.39, 0.29) is 30.8 Å². The zero-order valence-corrected chi connectivity index (χ0v) is 19.6. The lowest BCUT2D eigenvalue weighted by Crippen LogP contribution is -2.41. The van der Waals surface area contributed by atoms with Crippen LogP contribution in [0.5, 0.6) is 5.75 Å². The largest absolute Gasteiger partial charge is 0.488 e. The number of hydrogen-bond donors (Lipinski definition) is 1. The third-order valence-corrected chi connectivity index (χ3v) is 6.71. The Labute approximate surface area is 201 Å². The van der Waals surface area contributed by atoms with Crippen LogP contribution in [0.3, 0.4) is 0 Å². The minimum Gasteiger partial charge on any atom is -0.488 e. The van der Waals surface area contributed by atoms with E-state index in [0.29, 0.717) is 30.2 Å². The first kappa shape index (κ1) is 22.6. The average Bonchev–Trinajstić information content (AvgIpc) is 3.56. The molecule has 3 heterocycles. The maximum atomic E-state index is 13.1. The number of carbonyl (C=O) groups excluding carboxylic acids is 2. The molecule has 8 nitrogen and oxygen atoms in total. The normalized spacial score (nSPS) is 16.2. The minimum absolute atomic E-state index is 0.0389. The summed E-state index contributed by atoms with van der Waals surface area (Å²) in [6.07, 6.45) is 7.64. The number of ether oxygens (including phenoxy) is 2. The number of pyridine rings is 1. The first-order valence-corrected chi connectivity index (χ1v) is 12.2. The molecule has 1 N–H and O–H groups in total. The van der Waals surface area contributed by atoms with Crippen LogP contribution in [0, 0.1) is 0 Å². The van der Waals surface area contributed by atoms with Crippen LogP contribution in [0.4, 0.5) is 5.69 Å². The fraction of sp³-hybridized carbons (Fsp3) is 0.360. The number of rotatable bonds is 9. The van der Waals surface area contributed by atoms with Gasteiger partial charge in [-0.15, -0.1) is 11.3 Å². The number of carbonyl (C=O) groups is 2. The van der Waals surface area contributed by atoms with Crippen LogP contribution in [-0.4, -0.2) is 65.5 Å². The molecule has 0 radical (unpaired) electrons. The summed E-state index contributed by atoms with van der Waals surface area (Å²) in [6.45, 7) is 3.00. The van der Waals surface area contributed by atoms with Crippen LogP contribution in [-0.2, 0) is 16.0 Å². The lowest BCUT2D eigenvalue weighted by molar-refractivity contribution is -0.118. The van der Waals surface area contributed by atoms with Crippen LogP contribution >= 0.6 is 11.3 Å². The summed E-state index contributed by atoms with van der Waals surface area (Å²) in [6, 6.07) is 9.08. The molecule has 176 valence electrons. The standard InChI is InChI=1S/C25H26N4O4S/c30-22(13-20-15-27-25(34-20)18-2-1-7-26-14-18)17-3-6-23(33-19-4-5-19)21(12-17)28-24(31)16-29-8-10-32-11-9-29/h1-3,6-7,12,14-15,19H,4-5,8-11,13,16H2,(H,28,31). The smallest absolute Gasteiger partial charge is 0.238 e. The topological polar surface area (TPSA) is 93.7 Å². The third kappa shape index (κ3) is 5.85. The molecular formula is C25H26N4O4S. The summed E-state index contributed by atoms with van der Waals surface area (Å²) in [5.41, 5.74) is 2.00. The second-order valence-corrected chi connectivity index (χ2v) is 9.55. The Bertz CT molecular complexity index is 1160. The predicted molar refractivity (Wildman–Crippen MR) is 129 cm³/mol. The van der Waals surface area contributed by atoms with E-state index < -0.39 is 0 Å². The Balaban J connectivity index is 1.28. The number of nitrogens with zero attached hydrogens (tertiary/aromatic N) is 3. The number of morpholine rings is 1. The monoisotopic (exact) mass is 478 g/mol. The molecule has 5 rings (SSSR count).